The van der Waals surface area contributed by atoms with E-state index in [-0.39, 0.29) is 0 Å². The predicted molar refractivity (Wildman–Crippen MR) is 105 cm³/mol. The number of hydrogen-bond acceptors (Lipinski definition) is 3. The molecule has 0 aliphatic carbocycles. The van der Waals surface area contributed by atoms with Crippen molar-refractivity contribution in [2.75, 3.05) is 6.54 Å². The van der Waals surface area contributed by atoms with E-state index in [1.54, 1.807) is 0 Å². The summed E-state index contributed by atoms with van der Waals surface area (Å²) in [5.41, 5.74) is 4.46. The number of ether oxygens (including phenoxy) is 1. The van der Waals surface area contributed by atoms with Crippen molar-refractivity contribution in [1.82, 2.24) is 5.32 Å². The summed E-state index contributed by atoms with van der Waals surface area (Å²) in [5.74, 6) is 0.856. The molecule has 1 atom stereocenters. The number of aliphatic hydroxyl groups excluding tert-OH is 1. The molecular weight excluding hydrogens is 322 g/mol. The fourth-order valence-electron chi connectivity index (χ4n) is 2.86. The van der Waals surface area contributed by atoms with Crippen LogP contribution in [0.4, 0.5) is 0 Å². The van der Waals surface area contributed by atoms with Crippen LogP contribution in [0.2, 0.25) is 0 Å². The van der Waals surface area contributed by atoms with Gasteiger partial charge in [0.2, 0.25) is 0 Å². The molecule has 3 aromatic carbocycles. The Morgan fingerprint density at radius 1 is 0.885 bits per heavy atom. The van der Waals surface area contributed by atoms with Gasteiger partial charge in [0.05, 0.1) is 6.10 Å². The van der Waals surface area contributed by atoms with Gasteiger partial charge in [-0.05, 0) is 35.7 Å². The van der Waals surface area contributed by atoms with Gasteiger partial charge in [-0.15, -0.1) is 0 Å². The quantitative estimate of drug-likeness (QED) is 0.635. The van der Waals surface area contributed by atoms with Crippen LogP contribution in [0, 0.1) is 6.92 Å². The second kappa shape index (κ2) is 9.18. The first kappa shape index (κ1) is 18.2. The van der Waals surface area contributed by atoms with Crippen LogP contribution >= 0.6 is 0 Å². The topological polar surface area (TPSA) is 41.5 Å². The fourth-order valence-corrected chi connectivity index (χ4v) is 2.86. The maximum atomic E-state index is 10.2. The van der Waals surface area contributed by atoms with Gasteiger partial charge in [-0.25, -0.2) is 0 Å². The molecular formula is C23H25NO2. The third kappa shape index (κ3) is 5.45. The van der Waals surface area contributed by atoms with E-state index in [0.717, 1.165) is 16.9 Å². The minimum Gasteiger partial charge on any atom is -0.489 e. The van der Waals surface area contributed by atoms with Crippen LogP contribution in [0.15, 0.2) is 78.9 Å². The zero-order chi connectivity index (χ0) is 18.2. The first-order valence-corrected chi connectivity index (χ1v) is 8.92. The zero-order valence-corrected chi connectivity index (χ0v) is 15.1. The molecule has 3 aromatic rings. The Morgan fingerprint density at radius 3 is 2.46 bits per heavy atom. The summed E-state index contributed by atoms with van der Waals surface area (Å²) >= 11 is 0. The molecule has 0 saturated heterocycles. The average molecular weight is 347 g/mol. The second-order valence-corrected chi connectivity index (χ2v) is 6.48. The number of nitrogens with one attached hydrogen (secondary N) is 1. The molecule has 0 bridgehead atoms. The Hall–Kier alpha value is -2.62. The molecule has 3 nitrogen and oxygen atoms in total. The van der Waals surface area contributed by atoms with Crippen molar-refractivity contribution in [1.29, 1.82) is 0 Å². The smallest absolute Gasteiger partial charge is 0.120 e. The van der Waals surface area contributed by atoms with Crippen LogP contribution in [-0.2, 0) is 13.2 Å². The van der Waals surface area contributed by atoms with Crippen LogP contribution in [0.3, 0.4) is 0 Å². The number of hydrogen-bond donors (Lipinski definition) is 2. The lowest BCUT2D eigenvalue weighted by Crippen LogP contribution is -2.21. The van der Waals surface area contributed by atoms with Gasteiger partial charge in [0, 0.05) is 13.1 Å². The summed E-state index contributed by atoms with van der Waals surface area (Å²) < 4.78 is 5.91. The fraction of sp³-hybridized carbons (Fsp3) is 0.217. The lowest BCUT2D eigenvalue weighted by molar-refractivity contribution is 0.174. The highest BCUT2D eigenvalue weighted by Gasteiger charge is 2.06. The van der Waals surface area contributed by atoms with Crippen molar-refractivity contribution >= 4 is 0 Å². The highest BCUT2D eigenvalue weighted by Crippen LogP contribution is 2.16. The third-order valence-corrected chi connectivity index (χ3v) is 4.24. The van der Waals surface area contributed by atoms with Gasteiger partial charge in [-0.1, -0.05) is 72.3 Å². The summed E-state index contributed by atoms with van der Waals surface area (Å²) in [7, 11) is 0. The highest BCUT2D eigenvalue weighted by atomic mass is 16.5. The highest BCUT2D eigenvalue weighted by molar-refractivity contribution is 5.29. The van der Waals surface area contributed by atoms with Crippen molar-refractivity contribution in [3.63, 3.8) is 0 Å². The molecule has 0 saturated carbocycles. The van der Waals surface area contributed by atoms with Crippen molar-refractivity contribution in [2.24, 2.45) is 0 Å². The maximum absolute atomic E-state index is 10.2. The summed E-state index contributed by atoms with van der Waals surface area (Å²) in [6.45, 7) is 3.84. The molecule has 0 amide bonds. The molecule has 0 aliphatic heterocycles. The molecule has 0 unspecified atom stereocenters. The minimum atomic E-state index is -0.503. The van der Waals surface area contributed by atoms with Crippen molar-refractivity contribution in [3.05, 3.63) is 101 Å². The molecule has 0 fully saturated rings. The molecule has 0 radical (unpaired) electrons. The second-order valence-electron chi connectivity index (χ2n) is 6.48. The van der Waals surface area contributed by atoms with Crippen LogP contribution in [0.5, 0.6) is 5.75 Å². The van der Waals surface area contributed by atoms with Crippen LogP contribution in [-0.4, -0.2) is 11.7 Å². The van der Waals surface area contributed by atoms with Crippen LogP contribution in [0.25, 0.3) is 0 Å². The minimum absolute atomic E-state index is 0.503. The number of rotatable bonds is 8. The Kier molecular flexibility index (Phi) is 6.42. The van der Waals surface area contributed by atoms with E-state index in [9.17, 15) is 5.11 Å². The molecule has 3 heteroatoms. The Labute approximate surface area is 155 Å². The third-order valence-electron chi connectivity index (χ3n) is 4.24. The SMILES string of the molecule is Cc1cccc(COc2cccc(CNC[C@H](O)c3ccccc3)c2)c1. The van der Waals surface area contributed by atoms with E-state index in [0.29, 0.717) is 19.7 Å². The van der Waals surface area contributed by atoms with Crippen LogP contribution in [0.1, 0.15) is 28.4 Å². The molecule has 0 aliphatic rings. The number of aliphatic hydroxyl groups is 1. The molecule has 2 N–H and O–H groups in total. The van der Waals surface area contributed by atoms with Gasteiger partial charge in [0.15, 0.2) is 0 Å². The maximum Gasteiger partial charge on any atom is 0.120 e. The van der Waals surface area contributed by atoms with E-state index < -0.39 is 6.10 Å². The summed E-state index contributed by atoms with van der Waals surface area (Å²) in [5, 5.41) is 13.5. The van der Waals surface area contributed by atoms with E-state index in [4.69, 9.17) is 4.74 Å². The Balaban J connectivity index is 1.49. The molecule has 26 heavy (non-hydrogen) atoms. The van der Waals surface area contributed by atoms with Gasteiger partial charge in [0.1, 0.15) is 12.4 Å². The van der Waals surface area contributed by atoms with Crippen LogP contribution < -0.4 is 10.1 Å². The first-order valence-electron chi connectivity index (χ1n) is 8.92. The lowest BCUT2D eigenvalue weighted by Gasteiger charge is -2.13. The average Bonchev–Trinajstić information content (AvgIpc) is 2.67. The molecule has 0 aromatic heterocycles. The normalized spacial score (nSPS) is 11.9. The lowest BCUT2D eigenvalue weighted by atomic mass is 10.1. The van der Waals surface area contributed by atoms with Gasteiger partial charge in [-0.2, -0.15) is 0 Å². The van der Waals surface area contributed by atoms with Gasteiger partial charge in [0.25, 0.3) is 0 Å². The monoisotopic (exact) mass is 347 g/mol. The van der Waals surface area contributed by atoms with Gasteiger partial charge in [-0.3, -0.25) is 0 Å². The Bertz CT molecular complexity index is 817. The van der Waals surface area contributed by atoms with Crippen molar-refractivity contribution in [3.8, 4) is 5.75 Å². The van der Waals surface area contributed by atoms with E-state index in [1.807, 2.05) is 54.6 Å². The molecule has 3 rings (SSSR count). The summed E-state index contributed by atoms with van der Waals surface area (Å²) in [6.07, 6.45) is -0.503. The predicted octanol–water partition coefficient (Wildman–Crippen LogP) is 4.40. The molecule has 0 spiro atoms. The molecule has 0 heterocycles. The van der Waals surface area contributed by atoms with Crippen molar-refractivity contribution in [2.45, 2.75) is 26.2 Å². The first-order chi connectivity index (χ1) is 12.7. The molecule has 134 valence electrons. The largest absolute Gasteiger partial charge is 0.489 e. The standard InChI is InChI=1S/C23H25NO2/c1-18-7-5-9-20(13-18)17-26-22-12-6-8-19(14-22)15-24-16-23(25)21-10-3-2-4-11-21/h2-14,23-25H,15-17H2,1H3/t23-/m0/s1. The van der Waals surface area contributed by atoms with E-state index in [1.165, 1.54) is 11.1 Å². The number of benzene rings is 3. The van der Waals surface area contributed by atoms with Gasteiger partial charge < -0.3 is 15.2 Å². The van der Waals surface area contributed by atoms with E-state index in [2.05, 4.69) is 36.5 Å². The number of aryl methyl sites for hydroxylation is 1. The van der Waals surface area contributed by atoms with E-state index >= 15 is 0 Å². The zero-order valence-electron chi connectivity index (χ0n) is 15.1. The Morgan fingerprint density at radius 2 is 1.65 bits per heavy atom. The van der Waals surface area contributed by atoms with Crippen molar-refractivity contribution < 1.29 is 9.84 Å². The summed E-state index contributed by atoms with van der Waals surface area (Å²) in [6, 6.07) is 26.1. The van der Waals surface area contributed by atoms with Gasteiger partial charge >= 0.3 is 0 Å². The summed E-state index contributed by atoms with van der Waals surface area (Å²) in [4.78, 5) is 0.